The number of carbonyl (C=O) groups is 3. The molecule has 1 unspecified atom stereocenters. The first kappa shape index (κ1) is 27.5. The molecule has 13 heteroatoms. The van der Waals surface area contributed by atoms with Gasteiger partial charge < -0.3 is 15.3 Å². The van der Waals surface area contributed by atoms with Crippen molar-refractivity contribution >= 4 is 68.8 Å². The van der Waals surface area contributed by atoms with E-state index in [0.29, 0.717) is 28.5 Å². The molecule has 0 saturated carbocycles. The van der Waals surface area contributed by atoms with Gasteiger partial charge in [0.15, 0.2) is 0 Å². The number of nitrogens with one attached hydrogen (secondary N) is 2. The zero-order valence-electron chi connectivity index (χ0n) is 18.2. The van der Waals surface area contributed by atoms with E-state index >= 15 is 0 Å². The molecule has 3 N–H and O–H groups in total. The molecule has 2 amide bonds. The second-order valence-corrected chi connectivity index (χ2v) is 11.1. The normalized spacial score (nSPS) is 17.1. The number of carboxylic acids is 1. The number of sulfonamides is 1. The van der Waals surface area contributed by atoms with E-state index < -0.39 is 33.5 Å². The van der Waals surface area contributed by atoms with Gasteiger partial charge in [0, 0.05) is 30.0 Å². The number of halogens is 2. The molecule has 1 aromatic rings. The van der Waals surface area contributed by atoms with E-state index in [0.717, 1.165) is 18.1 Å². The number of carboxylic acid groups (broad SMARTS) is 1. The highest BCUT2D eigenvalue weighted by molar-refractivity contribution is 7.98. The lowest BCUT2D eigenvalue weighted by atomic mass is 9.95. The zero-order valence-corrected chi connectivity index (χ0v) is 21.4. The molecule has 1 aromatic carbocycles. The van der Waals surface area contributed by atoms with Gasteiger partial charge >= 0.3 is 5.97 Å². The number of hydrogen-bond donors (Lipinski definition) is 3. The van der Waals surface area contributed by atoms with E-state index in [2.05, 4.69) is 5.32 Å². The lowest BCUT2D eigenvalue weighted by Gasteiger charge is -2.33. The minimum absolute atomic E-state index is 0.260. The molecule has 1 aliphatic heterocycles. The number of benzene rings is 1. The molecular weight excluding hydrogens is 513 g/mol. The number of hydrogen-bond acceptors (Lipinski definition) is 6. The summed E-state index contributed by atoms with van der Waals surface area (Å²) in [5, 5.41) is 12.4. The highest BCUT2D eigenvalue weighted by Gasteiger charge is 2.40. The molecule has 9 nitrogen and oxygen atoms in total. The molecule has 1 fully saturated rings. The molecule has 2 rings (SSSR count). The minimum atomic E-state index is -3.89. The maximum Gasteiger partial charge on any atom is 0.345 e. The Morgan fingerprint density at radius 3 is 2.33 bits per heavy atom. The number of likely N-dealkylation sites (tertiary alicyclic amines) is 1. The number of carbonyl (C=O) groups excluding carboxylic acids is 2. The Morgan fingerprint density at radius 2 is 1.82 bits per heavy atom. The van der Waals surface area contributed by atoms with Gasteiger partial charge in [0.2, 0.25) is 27.5 Å². The van der Waals surface area contributed by atoms with Crippen molar-refractivity contribution < 1.29 is 27.9 Å². The first-order chi connectivity index (χ1) is 15.3. The SMILES string of the molecule is CSc1ccc(C=CC(=O)N2CCC(C(=O)NC(C)(NS(C)(=O)=O)C(=O)O)CC2)c(Cl)c1Cl. The Labute approximate surface area is 206 Å². The number of piperidine rings is 1. The monoisotopic (exact) mass is 537 g/mol. The number of amides is 2. The van der Waals surface area contributed by atoms with Crippen molar-refractivity contribution in [1.29, 1.82) is 0 Å². The van der Waals surface area contributed by atoms with E-state index in [4.69, 9.17) is 23.2 Å². The smallest absolute Gasteiger partial charge is 0.345 e. The van der Waals surface area contributed by atoms with Crippen molar-refractivity contribution in [2.45, 2.75) is 30.3 Å². The van der Waals surface area contributed by atoms with Crippen molar-refractivity contribution in [2.24, 2.45) is 5.92 Å². The predicted octanol–water partition coefficient (Wildman–Crippen LogP) is 2.43. The molecular formula is C20H25Cl2N3O6S2. The summed E-state index contributed by atoms with van der Waals surface area (Å²) in [5.74, 6) is -2.97. The molecule has 0 spiro atoms. The van der Waals surface area contributed by atoms with Crippen LogP contribution in [-0.4, -0.2) is 67.5 Å². The van der Waals surface area contributed by atoms with Crippen LogP contribution >= 0.6 is 35.0 Å². The van der Waals surface area contributed by atoms with Gasteiger partial charge in [0.25, 0.3) is 0 Å². The van der Waals surface area contributed by atoms with Gasteiger partial charge in [0.1, 0.15) is 0 Å². The standard InChI is InChI=1S/C20H25Cl2N3O6S2/c1-20(19(28)29,24-33(3,30)31)23-18(27)13-8-10-25(11-9-13)15(26)7-5-12-4-6-14(32-2)17(22)16(12)21/h4-7,13,24H,8-11H2,1-3H3,(H,23,27)(H,28,29). The third-order valence-electron chi connectivity index (χ3n) is 5.07. The molecule has 0 radical (unpaired) electrons. The Hall–Kier alpha value is -1.79. The summed E-state index contributed by atoms with van der Waals surface area (Å²) in [6, 6.07) is 3.58. The summed E-state index contributed by atoms with van der Waals surface area (Å²) in [6.07, 6.45) is 6.24. The van der Waals surface area contributed by atoms with E-state index in [1.165, 1.54) is 17.8 Å². The average Bonchev–Trinajstić information content (AvgIpc) is 2.73. The van der Waals surface area contributed by atoms with Crippen molar-refractivity contribution in [3.05, 3.63) is 33.8 Å². The van der Waals surface area contributed by atoms with E-state index in [-0.39, 0.29) is 19.0 Å². The quantitative estimate of drug-likeness (QED) is 0.263. The molecule has 182 valence electrons. The number of thioether (sulfide) groups is 1. The average molecular weight is 538 g/mol. The van der Waals surface area contributed by atoms with Gasteiger partial charge in [-0.2, -0.15) is 4.72 Å². The second-order valence-electron chi connectivity index (χ2n) is 7.71. The van der Waals surface area contributed by atoms with Crippen molar-refractivity contribution in [3.63, 3.8) is 0 Å². The van der Waals surface area contributed by atoms with Crippen LogP contribution in [0.25, 0.3) is 6.08 Å². The highest BCUT2D eigenvalue weighted by Crippen LogP contribution is 2.35. The summed E-state index contributed by atoms with van der Waals surface area (Å²) in [7, 11) is -3.89. The Bertz CT molecular complexity index is 1070. The third-order valence-corrected chi connectivity index (χ3v) is 7.64. The third kappa shape index (κ3) is 7.35. The van der Waals surface area contributed by atoms with E-state index in [1.807, 2.05) is 17.0 Å². The van der Waals surface area contributed by atoms with Crippen LogP contribution in [0.5, 0.6) is 0 Å². The fourth-order valence-corrected chi connectivity index (χ4v) is 5.36. The second kappa shape index (κ2) is 11.1. The van der Waals surface area contributed by atoms with Gasteiger partial charge in [0.05, 0.1) is 16.3 Å². The summed E-state index contributed by atoms with van der Waals surface area (Å²) in [6.45, 7) is 1.62. The molecule has 1 saturated heterocycles. The molecule has 0 aromatic heterocycles. The topological polar surface area (TPSA) is 133 Å². The van der Waals surface area contributed by atoms with Crippen LogP contribution in [0, 0.1) is 5.92 Å². The van der Waals surface area contributed by atoms with Gasteiger partial charge in [-0.05, 0) is 43.7 Å². The molecule has 1 atom stereocenters. The number of aliphatic carboxylic acids is 1. The van der Waals surface area contributed by atoms with E-state index in [1.54, 1.807) is 17.0 Å². The molecule has 33 heavy (non-hydrogen) atoms. The number of rotatable bonds is 8. The van der Waals surface area contributed by atoms with Gasteiger partial charge in [-0.25, -0.2) is 13.2 Å². The Balaban J connectivity index is 1.98. The molecule has 1 aliphatic rings. The largest absolute Gasteiger partial charge is 0.478 e. The van der Waals surface area contributed by atoms with E-state index in [9.17, 15) is 27.9 Å². The minimum Gasteiger partial charge on any atom is -0.478 e. The van der Waals surface area contributed by atoms with Crippen LogP contribution in [-0.2, 0) is 24.4 Å². The zero-order chi connectivity index (χ0) is 25.0. The highest BCUT2D eigenvalue weighted by atomic mass is 35.5. The molecule has 1 heterocycles. The van der Waals surface area contributed by atoms with Crippen LogP contribution in [0.4, 0.5) is 0 Å². The van der Waals surface area contributed by atoms with Gasteiger partial charge in [-0.1, -0.05) is 29.3 Å². The fourth-order valence-electron chi connectivity index (χ4n) is 3.30. The van der Waals surface area contributed by atoms with Crippen LogP contribution < -0.4 is 10.0 Å². The van der Waals surface area contributed by atoms with Gasteiger partial charge in [-0.3, -0.25) is 9.59 Å². The van der Waals surface area contributed by atoms with Crippen LogP contribution in [0.15, 0.2) is 23.1 Å². The summed E-state index contributed by atoms with van der Waals surface area (Å²) in [4.78, 5) is 39.0. The Kier molecular flexibility index (Phi) is 9.23. The van der Waals surface area contributed by atoms with Crippen LogP contribution in [0.3, 0.4) is 0 Å². The van der Waals surface area contributed by atoms with Crippen LogP contribution in [0.1, 0.15) is 25.3 Å². The summed E-state index contributed by atoms with van der Waals surface area (Å²) < 4.78 is 24.9. The predicted molar refractivity (Wildman–Crippen MR) is 129 cm³/mol. The van der Waals surface area contributed by atoms with Crippen LogP contribution in [0.2, 0.25) is 10.0 Å². The lowest BCUT2D eigenvalue weighted by molar-refractivity contribution is -0.148. The van der Waals surface area contributed by atoms with Crippen molar-refractivity contribution in [3.8, 4) is 0 Å². The fraction of sp³-hybridized carbons (Fsp3) is 0.450. The number of nitrogens with zero attached hydrogens (tertiary/aromatic N) is 1. The first-order valence-corrected chi connectivity index (χ1v) is 13.7. The Morgan fingerprint density at radius 1 is 1.21 bits per heavy atom. The molecule has 0 bridgehead atoms. The van der Waals surface area contributed by atoms with Crippen molar-refractivity contribution in [2.75, 3.05) is 25.6 Å². The maximum absolute atomic E-state index is 12.6. The summed E-state index contributed by atoms with van der Waals surface area (Å²) >= 11 is 13.9. The van der Waals surface area contributed by atoms with Crippen molar-refractivity contribution in [1.82, 2.24) is 14.9 Å². The van der Waals surface area contributed by atoms with Gasteiger partial charge in [-0.15, -0.1) is 11.8 Å². The summed E-state index contributed by atoms with van der Waals surface area (Å²) in [5.41, 5.74) is -1.57. The molecule has 0 aliphatic carbocycles. The first-order valence-electron chi connectivity index (χ1n) is 9.80. The lowest BCUT2D eigenvalue weighted by Crippen LogP contribution is -2.64. The maximum atomic E-state index is 12.6.